The van der Waals surface area contributed by atoms with Crippen LogP contribution in [0.4, 0.5) is 5.69 Å². The van der Waals surface area contributed by atoms with Crippen LogP contribution in [0.25, 0.3) is 11.8 Å². The van der Waals surface area contributed by atoms with Crippen molar-refractivity contribution in [2.45, 2.75) is 25.3 Å². The molecule has 3 aromatic carbocycles. The highest BCUT2D eigenvalue weighted by molar-refractivity contribution is 6.30. The molecule has 2 heterocycles. The van der Waals surface area contributed by atoms with Gasteiger partial charge in [-0.25, -0.2) is 0 Å². The number of rotatable bonds is 13. The molecule has 0 aliphatic heterocycles. The molecule has 2 aromatic heterocycles. The zero-order chi connectivity index (χ0) is 31.4. The van der Waals surface area contributed by atoms with Crippen molar-refractivity contribution in [3.8, 4) is 5.69 Å². The van der Waals surface area contributed by atoms with Gasteiger partial charge < -0.3 is 16.0 Å². The van der Waals surface area contributed by atoms with Crippen LogP contribution in [0.2, 0.25) is 5.02 Å². The van der Waals surface area contributed by atoms with Crippen LogP contribution < -0.4 is 16.0 Å². The number of nitrogens with zero attached hydrogens (tertiary/aromatic N) is 7. The van der Waals surface area contributed by atoms with E-state index < -0.39 is 17.9 Å². The minimum atomic E-state index is -0.898. The summed E-state index contributed by atoms with van der Waals surface area (Å²) >= 11 is 6.18. The molecule has 4 N–H and O–H groups in total. The topological polar surface area (TPSA) is 185 Å². The highest BCUT2D eigenvalue weighted by atomic mass is 35.5. The Balaban J connectivity index is 1.22. The highest BCUT2D eigenvalue weighted by Gasteiger charge is 2.21. The number of anilines is 1. The third-order valence-electron chi connectivity index (χ3n) is 6.58. The molecule has 14 nitrogen and oxygen atoms in total. The van der Waals surface area contributed by atoms with Gasteiger partial charge in [0.25, 0.3) is 5.91 Å². The lowest BCUT2D eigenvalue weighted by atomic mass is 10.0. The lowest BCUT2D eigenvalue weighted by Gasteiger charge is -2.18. The lowest BCUT2D eigenvalue weighted by Crippen LogP contribution is -2.44. The van der Waals surface area contributed by atoms with Crippen molar-refractivity contribution in [3.05, 3.63) is 113 Å². The third-order valence-corrected chi connectivity index (χ3v) is 6.82. The van der Waals surface area contributed by atoms with Crippen molar-refractivity contribution < 1.29 is 14.4 Å². The van der Waals surface area contributed by atoms with E-state index >= 15 is 0 Å². The molecule has 0 saturated heterocycles. The molecule has 45 heavy (non-hydrogen) atoms. The zero-order valence-corrected chi connectivity index (χ0v) is 24.6. The van der Waals surface area contributed by atoms with Crippen LogP contribution in [0.1, 0.15) is 33.7 Å². The fourth-order valence-electron chi connectivity index (χ4n) is 4.36. The lowest BCUT2D eigenvalue weighted by molar-refractivity contribution is -0.123. The van der Waals surface area contributed by atoms with E-state index in [4.69, 9.17) is 11.6 Å². The third kappa shape index (κ3) is 8.87. The van der Waals surface area contributed by atoms with E-state index in [-0.39, 0.29) is 12.3 Å². The monoisotopic (exact) mass is 625 g/mol. The molecule has 0 bridgehead atoms. The van der Waals surface area contributed by atoms with Gasteiger partial charge in [0.15, 0.2) is 5.82 Å². The van der Waals surface area contributed by atoms with E-state index in [0.29, 0.717) is 52.7 Å². The smallest absolute Gasteiger partial charge is 0.251 e. The quantitative estimate of drug-likeness (QED) is 0.113. The molecule has 5 aromatic rings. The van der Waals surface area contributed by atoms with Gasteiger partial charge in [0, 0.05) is 47.3 Å². The van der Waals surface area contributed by atoms with Gasteiger partial charge in [-0.2, -0.15) is 9.90 Å². The van der Waals surface area contributed by atoms with E-state index in [9.17, 15) is 14.4 Å². The number of hydrogen-bond donors (Lipinski definition) is 4. The molecule has 0 fully saturated rings. The normalized spacial score (nSPS) is 11.7. The standard InChI is InChI=1S/C30H28ClN11O3/c31-23-11-14-26(42-19-33-38-41-42)22(18-23)10-15-28(43)35-25(17-20-5-2-1-3-6-20)30(45)34-24-12-8-21(9-13-24)29(44)32-16-4-7-27-36-39-40-37-27/h1-3,5-6,8-15,18-19,25H,4,7,16-17H2,(H,32,44)(H,34,45)(H,35,43)(H,36,37,39,40). The Labute approximate surface area is 262 Å². The number of aromatic nitrogens is 8. The molecule has 0 aliphatic carbocycles. The second kappa shape index (κ2) is 15.1. The number of carbonyl (C=O) groups is 3. The summed E-state index contributed by atoms with van der Waals surface area (Å²) in [6, 6.07) is 20.0. The number of nitrogens with one attached hydrogen (secondary N) is 4. The molecule has 5 rings (SSSR count). The summed E-state index contributed by atoms with van der Waals surface area (Å²) in [5, 5.41) is 33.8. The number of H-pyrrole nitrogens is 1. The molecule has 0 saturated carbocycles. The molecule has 3 amide bonds. The number of aryl methyl sites for hydroxylation is 1. The van der Waals surface area contributed by atoms with Crippen LogP contribution in [0.15, 0.2) is 85.2 Å². The van der Waals surface area contributed by atoms with Crippen LogP contribution in [0, 0.1) is 0 Å². The zero-order valence-electron chi connectivity index (χ0n) is 23.8. The van der Waals surface area contributed by atoms with E-state index in [0.717, 1.165) is 5.56 Å². The van der Waals surface area contributed by atoms with Gasteiger partial charge >= 0.3 is 0 Å². The number of carbonyl (C=O) groups excluding carboxylic acids is 3. The average Bonchev–Trinajstić information content (AvgIpc) is 3.78. The summed E-state index contributed by atoms with van der Waals surface area (Å²) < 4.78 is 1.45. The maximum absolute atomic E-state index is 13.4. The SMILES string of the molecule is O=C(C=Cc1cc(Cl)ccc1-n1cnnn1)NC(Cc1ccccc1)C(=O)Nc1ccc(C(=O)NCCCc2nn[nH]n2)cc1. The largest absolute Gasteiger partial charge is 0.352 e. The molecular formula is C30H28ClN11O3. The number of hydrogen-bond acceptors (Lipinski definition) is 9. The number of halogens is 1. The van der Waals surface area contributed by atoms with Gasteiger partial charge in [-0.05, 0) is 71.0 Å². The van der Waals surface area contributed by atoms with Gasteiger partial charge in [-0.1, -0.05) is 47.1 Å². The molecule has 0 spiro atoms. The Bertz CT molecular complexity index is 1740. The molecule has 228 valence electrons. The maximum Gasteiger partial charge on any atom is 0.251 e. The second-order valence-corrected chi connectivity index (χ2v) is 10.2. The number of aromatic amines is 1. The minimum Gasteiger partial charge on any atom is -0.352 e. The first kappa shape index (κ1) is 30.7. The molecule has 0 radical (unpaired) electrons. The summed E-state index contributed by atoms with van der Waals surface area (Å²) in [6.07, 6.45) is 5.82. The van der Waals surface area contributed by atoms with Gasteiger partial charge in [-0.15, -0.1) is 15.3 Å². The maximum atomic E-state index is 13.4. The molecule has 1 atom stereocenters. The summed E-state index contributed by atoms with van der Waals surface area (Å²) in [7, 11) is 0. The predicted molar refractivity (Wildman–Crippen MR) is 165 cm³/mol. The second-order valence-electron chi connectivity index (χ2n) is 9.80. The molecule has 1 unspecified atom stereocenters. The Kier molecular flexibility index (Phi) is 10.3. The van der Waals surface area contributed by atoms with Crippen molar-refractivity contribution >= 4 is 41.1 Å². The predicted octanol–water partition coefficient (Wildman–Crippen LogP) is 2.57. The van der Waals surface area contributed by atoms with Crippen LogP contribution >= 0.6 is 11.6 Å². The van der Waals surface area contributed by atoms with Crippen LogP contribution in [-0.2, 0) is 22.4 Å². The Morgan fingerprint density at radius 1 is 1.02 bits per heavy atom. The van der Waals surface area contributed by atoms with E-state index in [1.807, 2.05) is 30.3 Å². The van der Waals surface area contributed by atoms with Gasteiger partial charge in [0.1, 0.15) is 12.4 Å². The summed E-state index contributed by atoms with van der Waals surface area (Å²) in [4.78, 5) is 38.9. The van der Waals surface area contributed by atoms with E-state index in [1.165, 1.54) is 17.1 Å². The summed E-state index contributed by atoms with van der Waals surface area (Å²) in [5.74, 6) is -0.570. The van der Waals surface area contributed by atoms with Crippen LogP contribution in [-0.4, -0.2) is 71.1 Å². The van der Waals surface area contributed by atoms with Crippen molar-refractivity contribution in [1.29, 1.82) is 0 Å². The Morgan fingerprint density at radius 3 is 2.58 bits per heavy atom. The molecular weight excluding hydrogens is 598 g/mol. The first-order valence-electron chi connectivity index (χ1n) is 13.9. The van der Waals surface area contributed by atoms with Gasteiger partial charge in [-0.3, -0.25) is 14.4 Å². The first-order chi connectivity index (χ1) is 21.9. The van der Waals surface area contributed by atoms with Crippen molar-refractivity contribution in [2.75, 3.05) is 11.9 Å². The fourth-order valence-corrected chi connectivity index (χ4v) is 4.54. The number of amides is 3. The van der Waals surface area contributed by atoms with E-state index in [1.54, 1.807) is 48.5 Å². The first-order valence-corrected chi connectivity index (χ1v) is 14.3. The summed E-state index contributed by atoms with van der Waals surface area (Å²) in [6.45, 7) is 0.442. The summed E-state index contributed by atoms with van der Waals surface area (Å²) in [5.41, 5.74) is 3.00. The molecule has 15 heteroatoms. The minimum absolute atomic E-state index is 0.245. The van der Waals surface area contributed by atoms with Crippen molar-refractivity contribution in [3.63, 3.8) is 0 Å². The Hall–Kier alpha value is -5.76. The average molecular weight is 626 g/mol. The number of benzene rings is 3. The van der Waals surface area contributed by atoms with Crippen molar-refractivity contribution in [2.24, 2.45) is 0 Å². The molecule has 0 aliphatic rings. The Morgan fingerprint density at radius 2 is 1.84 bits per heavy atom. The van der Waals surface area contributed by atoms with Gasteiger partial charge in [0.2, 0.25) is 11.8 Å². The fraction of sp³-hybridized carbons (Fsp3) is 0.167. The highest BCUT2D eigenvalue weighted by Crippen LogP contribution is 2.20. The van der Waals surface area contributed by atoms with E-state index in [2.05, 4.69) is 52.1 Å². The number of tetrazole rings is 2. The van der Waals surface area contributed by atoms with Crippen LogP contribution in [0.3, 0.4) is 0 Å². The van der Waals surface area contributed by atoms with Crippen LogP contribution in [0.5, 0.6) is 0 Å². The van der Waals surface area contributed by atoms with Crippen molar-refractivity contribution in [1.82, 2.24) is 51.5 Å². The van der Waals surface area contributed by atoms with Gasteiger partial charge in [0.05, 0.1) is 5.69 Å².